The molecule has 1 aliphatic rings. The van der Waals surface area contributed by atoms with Crippen LogP contribution in [0.4, 0.5) is 15.0 Å². The number of aryl methyl sites for hydroxylation is 1. The Morgan fingerprint density at radius 1 is 1.26 bits per heavy atom. The molecule has 0 saturated carbocycles. The summed E-state index contributed by atoms with van der Waals surface area (Å²) in [7, 11) is 1.77. The van der Waals surface area contributed by atoms with Crippen molar-refractivity contribution in [1.29, 1.82) is 0 Å². The highest BCUT2D eigenvalue weighted by molar-refractivity contribution is 6.09. The summed E-state index contributed by atoms with van der Waals surface area (Å²) in [6.45, 7) is 6.23. The molecule has 0 unspecified atom stereocenters. The molecule has 6 nitrogen and oxygen atoms in total. The fourth-order valence-electron chi connectivity index (χ4n) is 2.90. The highest BCUT2D eigenvalue weighted by atomic mass is 19.1. The number of carbonyl (C=O) groups excluding carboxylic acids is 2. The van der Waals surface area contributed by atoms with Crippen LogP contribution in [0.1, 0.15) is 32.8 Å². The van der Waals surface area contributed by atoms with Gasteiger partial charge in [0.05, 0.1) is 5.52 Å². The number of aromatic nitrogens is 2. The molecule has 23 heavy (non-hydrogen) atoms. The zero-order valence-corrected chi connectivity index (χ0v) is 13.6. The maximum Gasteiger partial charge on any atom is 0.329 e. The van der Waals surface area contributed by atoms with E-state index < -0.39 is 6.03 Å². The average molecular weight is 318 g/mol. The van der Waals surface area contributed by atoms with E-state index >= 15 is 0 Å². The van der Waals surface area contributed by atoms with Gasteiger partial charge in [0.1, 0.15) is 5.82 Å². The molecule has 2 aromatic rings. The number of halogens is 1. The number of hydrogen-bond acceptors (Lipinski definition) is 3. The third-order valence-electron chi connectivity index (χ3n) is 4.00. The van der Waals surface area contributed by atoms with E-state index in [0.717, 1.165) is 11.1 Å². The quantitative estimate of drug-likeness (QED) is 0.878. The van der Waals surface area contributed by atoms with E-state index in [1.54, 1.807) is 11.7 Å². The lowest BCUT2D eigenvalue weighted by atomic mass is 9.85. The molecule has 1 fully saturated rings. The average Bonchev–Trinajstić information content (AvgIpc) is 2.74. The van der Waals surface area contributed by atoms with E-state index in [-0.39, 0.29) is 30.1 Å². The van der Waals surface area contributed by atoms with E-state index in [2.05, 4.69) is 10.4 Å². The Hall–Kier alpha value is -2.44. The number of amides is 3. The van der Waals surface area contributed by atoms with Crippen LogP contribution in [0.2, 0.25) is 0 Å². The number of nitrogens with zero attached hydrogens (tertiary/aromatic N) is 3. The van der Waals surface area contributed by atoms with E-state index in [1.807, 2.05) is 20.8 Å². The Bertz CT molecular complexity index is 820. The van der Waals surface area contributed by atoms with Crippen molar-refractivity contribution in [3.8, 4) is 0 Å². The normalized spacial score (nSPS) is 16.1. The SMILES string of the molecule is Cn1nc(N2CCC(=O)NC2=O)c2cc(F)cc(C(C)(C)C)c21. The number of anilines is 1. The van der Waals surface area contributed by atoms with Crippen LogP contribution >= 0.6 is 0 Å². The predicted molar refractivity (Wildman–Crippen MR) is 84.9 cm³/mol. The van der Waals surface area contributed by atoms with Gasteiger partial charge in [-0.1, -0.05) is 20.8 Å². The number of urea groups is 1. The summed E-state index contributed by atoms with van der Waals surface area (Å²) in [6.07, 6.45) is 0.200. The topological polar surface area (TPSA) is 67.2 Å². The van der Waals surface area contributed by atoms with Gasteiger partial charge in [-0.3, -0.25) is 19.7 Å². The molecule has 1 aliphatic heterocycles. The number of fused-ring (bicyclic) bond motifs is 1. The Kier molecular flexibility index (Phi) is 3.39. The Morgan fingerprint density at radius 3 is 2.57 bits per heavy atom. The molecule has 0 spiro atoms. The minimum Gasteiger partial charge on any atom is -0.278 e. The summed E-state index contributed by atoms with van der Waals surface area (Å²) >= 11 is 0. The van der Waals surface area contributed by atoms with Crippen LogP contribution in [0, 0.1) is 5.82 Å². The molecule has 1 aromatic heterocycles. The monoisotopic (exact) mass is 318 g/mol. The molecule has 3 rings (SSSR count). The van der Waals surface area contributed by atoms with Crippen LogP contribution in [0.25, 0.3) is 10.9 Å². The molecule has 7 heteroatoms. The lowest BCUT2D eigenvalue weighted by Crippen LogP contribution is -2.49. The van der Waals surface area contributed by atoms with Gasteiger partial charge < -0.3 is 0 Å². The summed E-state index contributed by atoms with van der Waals surface area (Å²) in [6, 6.07) is 2.37. The molecule has 0 radical (unpaired) electrons. The third kappa shape index (κ3) is 2.56. The Morgan fingerprint density at radius 2 is 1.96 bits per heavy atom. The van der Waals surface area contributed by atoms with Gasteiger partial charge in [0.25, 0.3) is 0 Å². The second-order valence-electron chi connectivity index (χ2n) is 6.80. The largest absolute Gasteiger partial charge is 0.329 e. The molecule has 1 N–H and O–H groups in total. The van der Waals surface area contributed by atoms with Gasteiger partial charge in [-0.05, 0) is 23.1 Å². The van der Waals surface area contributed by atoms with E-state index in [9.17, 15) is 14.0 Å². The number of rotatable bonds is 1. The predicted octanol–water partition coefficient (Wildman–Crippen LogP) is 2.46. The first-order chi connectivity index (χ1) is 10.7. The number of benzene rings is 1. The van der Waals surface area contributed by atoms with Gasteiger partial charge in [-0.15, -0.1) is 0 Å². The lowest BCUT2D eigenvalue weighted by Gasteiger charge is -2.25. The molecule has 2 heterocycles. The second kappa shape index (κ2) is 5.04. The lowest BCUT2D eigenvalue weighted by molar-refractivity contribution is -0.120. The summed E-state index contributed by atoms with van der Waals surface area (Å²) < 4.78 is 15.8. The fourth-order valence-corrected chi connectivity index (χ4v) is 2.90. The first kappa shape index (κ1) is 15.5. The molecular weight excluding hydrogens is 299 g/mol. The van der Waals surface area contributed by atoms with Crippen molar-refractivity contribution in [3.63, 3.8) is 0 Å². The van der Waals surface area contributed by atoms with Gasteiger partial charge in [0, 0.05) is 25.4 Å². The number of nitrogens with one attached hydrogen (secondary N) is 1. The summed E-state index contributed by atoms with van der Waals surface area (Å²) in [5.74, 6) is -0.310. The van der Waals surface area contributed by atoms with Crippen molar-refractivity contribution in [1.82, 2.24) is 15.1 Å². The summed E-state index contributed by atoms with van der Waals surface area (Å²) in [5.41, 5.74) is 1.34. The second-order valence-corrected chi connectivity index (χ2v) is 6.80. The molecule has 3 amide bonds. The fraction of sp³-hybridized carbons (Fsp3) is 0.438. The Balaban J connectivity index is 2.22. The van der Waals surface area contributed by atoms with Crippen LogP contribution in [0.15, 0.2) is 12.1 Å². The first-order valence-corrected chi connectivity index (χ1v) is 7.46. The van der Waals surface area contributed by atoms with Gasteiger partial charge in [-0.2, -0.15) is 5.10 Å². The zero-order valence-electron chi connectivity index (χ0n) is 13.6. The Labute approximate surface area is 133 Å². The van der Waals surface area contributed by atoms with Gasteiger partial charge in [0.2, 0.25) is 5.91 Å². The van der Waals surface area contributed by atoms with Crippen LogP contribution in [-0.2, 0) is 17.3 Å². The molecule has 0 aliphatic carbocycles. The highest BCUT2D eigenvalue weighted by Gasteiger charge is 2.30. The van der Waals surface area contributed by atoms with E-state index in [1.165, 1.54) is 17.0 Å². The maximum atomic E-state index is 14.1. The molecule has 122 valence electrons. The highest BCUT2D eigenvalue weighted by Crippen LogP contribution is 2.35. The van der Waals surface area contributed by atoms with Crippen LogP contribution < -0.4 is 10.2 Å². The third-order valence-corrected chi connectivity index (χ3v) is 4.00. The summed E-state index contributed by atoms with van der Waals surface area (Å²) in [4.78, 5) is 24.8. The number of imide groups is 1. The first-order valence-electron chi connectivity index (χ1n) is 7.46. The van der Waals surface area contributed by atoms with E-state index in [0.29, 0.717) is 11.2 Å². The van der Waals surface area contributed by atoms with Crippen LogP contribution in [0.3, 0.4) is 0 Å². The van der Waals surface area contributed by atoms with Crippen molar-refractivity contribution >= 4 is 28.7 Å². The van der Waals surface area contributed by atoms with Gasteiger partial charge in [0.15, 0.2) is 5.82 Å². The molecule has 0 atom stereocenters. The molecular formula is C16H19FN4O2. The standard InChI is InChI=1S/C16H19FN4O2/c1-16(2,3)11-8-9(17)7-10-13(11)20(4)19-14(10)21-6-5-12(22)18-15(21)23/h7-8H,5-6H2,1-4H3,(H,18,22,23). The zero-order chi connectivity index (χ0) is 16.9. The number of carbonyl (C=O) groups is 2. The van der Waals surface area contributed by atoms with E-state index in [4.69, 9.17) is 0 Å². The van der Waals surface area contributed by atoms with Crippen molar-refractivity contribution in [2.45, 2.75) is 32.6 Å². The summed E-state index contributed by atoms with van der Waals surface area (Å²) in [5, 5.41) is 7.25. The molecule has 1 aromatic carbocycles. The molecule has 1 saturated heterocycles. The minimum absolute atomic E-state index is 0.200. The van der Waals surface area contributed by atoms with Crippen molar-refractivity contribution in [2.24, 2.45) is 7.05 Å². The minimum atomic E-state index is -0.525. The van der Waals surface area contributed by atoms with Crippen LogP contribution in [-0.4, -0.2) is 28.3 Å². The van der Waals surface area contributed by atoms with Crippen LogP contribution in [0.5, 0.6) is 0 Å². The van der Waals surface area contributed by atoms with Crippen molar-refractivity contribution < 1.29 is 14.0 Å². The molecule has 0 bridgehead atoms. The van der Waals surface area contributed by atoms with Gasteiger partial charge in [-0.25, -0.2) is 9.18 Å². The number of hydrogen-bond donors (Lipinski definition) is 1. The van der Waals surface area contributed by atoms with Crippen molar-refractivity contribution in [2.75, 3.05) is 11.4 Å². The smallest absolute Gasteiger partial charge is 0.278 e. The maximum absolute atomic E-state index is 14.1. The van der Waals surface area contributed by atoms with Crippen molar-refractivity contribution in [3.05, 3.63) is 23.5 Å². The van der Waals surface area contributed by atoms with Gasteiger partial charge >= 0.3 is 6.03 Å².